The molecule has 0 aromatic heterocycles. The Morgan fingerprint density at radius 3 is 2.93 bits per heavy atom. The lowest BCUT2D eigenvalue weighted by Gasteiger charge is -2.12. The molecule has 0 bridgehead atoms. The highest BCUT2D eigenvalue weighted by atomic mass is 79.9. The smallest absolute Gasteiger partial charge is 0.123 e. The molecule has 0 saturated heterocycles. The SMILES string of the molecule is C=CCOc1ccc(Br)cc1CC(C)N. The molecule has 2 N–H and O–H groups in total. The summed E-state index contributed by atoms with van der Waals surface area (Å²) >= 11 is 3.44. The molecule has 2 nitrogen and oxygen atoms in total. The van der Waals surface area contributed by atoms with Crippen molar-refractivity contribution in [1.29, 1.82) is 0 Å². The molecule has 1 aromatic rings. The Hall–Kier alpha value is -0.800. The second-order valence-electron chi connectivity index (χ2n) is 3.53. The van der Waals surface area contributed by atoms with Crippen LogP contribution in [0.2, 0.25) is 0 Å². The lowest BCUT2D eigenvalue weighted by Crippen LogP contribution is -2.18. The van der Waals surface area contributed by atoms with Gasteiger partial charge in [-0.05, 0) is 37.1 Å². The highest BCUT2D eigenvalue weighted by Gasteiger charge is 2.06. The summed E-state index contributed by atoms with van der Waals surface area (Å²) in [6.45, 7) is 6.13. The third kappa shape index (κ3) is 4.06. The number of halogens is 1. The fraction of sp³-hybridized carbons (Fsp3) is 0.333. The molecule has 3 heteroatoms. The van der Waals surface area contributed by atoms with Crippen LogP contribution >= 0.6 is 15.9 Å². The van der Waals surface area contributed by atoms with Crippen LogP contribution in [-0.4, -0.2) is 12.6 Å². The van der Waals surface area contributed by atoms with Gasteiger partial charge in [0.2, 0.25) is 0 Å². The van der Waals surface area contributed by atoms with Gasteiger partial charge in [0.05, 0.1) is 0 Å². The van der Waals surface area contributed by atoms with Crippen LogP contribution in [0.5, 0.6) is 5.75 Å². The highest BCUT2D eigenvalue weighted by molar-refractivity contribution is 9.10. The van der Waals surface area contributed by atoms with Crippen molar-refractivity contribution < 1.29 is 4.74 Å². The molecule has 15 heavy (non-hydrogen) atoms. The molecule has 0 radical (unpaired) electrons. The Bertz CT molecular complexity index is 336. The van der Waals surface area contributed by atoms with Gasteiger partial charge in [-0.25, -0.2) is 0 Å². The van der Waals surface area contributed by atoms with Gasteiger partial charge in [0.25, 0.3) is 0 Å². The minimum atomic E-state index is 0.130. The zero-order valence-electron chi connectivity index (χ0n) is 8.87. The second-order valence-corrected chi connectivity index (χ2v) is 4.45. The van der Waals surface area contributed by atoms with Crippen LogP contribution in [0.15, 0.2) is 35.3 Å². The van der Waals surface area contributed by atoms with E-state index in [0.29, 0.717) is 6.61 Å². The quantitative estimate of drug-likeness (QED) is 0.835. The molecule has 0 aliphatic carbocycles. The molecule has 0 amide bonds. The van der Waals surface area contributed by atoms with Crippen molar-refractivity contribution in [2.75, 3.05) is 6.61 Å². The van der Waals surface area contributed by atoms with E-state index in [0.717, 1.165) is 22.2 Å². The van der Waals surface area contributed by atoms with Gasteiger partial charge >= 0.3 is 0 Å². The predicted molar refractivity (Wildman–Crippen MR) is 67.2 cm³/mol. The molecular weight excluding hydrogens is 254 g/mol. The first kappa shape index (κ1) is 12.3. The second kappa shape index (κ2) is 5.93. The lowest BCUT2D eigenvalue weighted by atomic mass is 10.1. The van der Waals surface area contributed by atoms with Gasteiger partial charge in [-0.1, -0.05) is 28.6 Å². The van der Waals surface area contributed by atoms with E-state index >= 15 is 0 Å². The van der Waals surface area contributed by atoms with Crippen molar-refractivity contribution in [1.82, 2.24) is 0 Å². The van der Waals surface area contributed by atoms with Crippen LogP contribution in [0.3, 0.4) is 0 Å². The Morgan fingerprint density at radius 1 is 1.60 bits per heavy atom. The minimum absolute atomic E-state index is 0.130. The zero-order chi connectivity index (χ0) is 11.3. The standard InChI is InChI=1S/C12H16BrNO/c1-3-6-15-12-5-4-11(13)8-10(12)7-9(2)14/h3-5,8-9H,1,6-7,14H2,2H3. The fourth-order valence-electron chi connectivity index (χ4n) is 1.34. The van der Waals surface area contributed by atoms with Gasteiger partial charge in [0.15, 0.2) is 0 Å². The van der Waals surface area contributed by atoms with E-state index in [4.69, 9.17) is 10.5 Å². The summed E-state index contributed by atoms with van der Waals surface area (Å²) < 4.78 is 6.59. The predicted octanol–water partition coefficient (Wildman–Crippen LogP) is 2.90. The van der Waals surface area contributed by atoms with Crippen LogP contribution in [0.1, 0.15) is 12.5 Å². The maximum atomic E-state index is 5.78. The summed E-state index contributed by atoms with van der Waals surface area (Å²) in [5.74, 6) is 0.885. The van der Waals surface area contributed by atoms with Gasteiger partial charge in [-0.3, -0.25) is 0 Å². The lowest BCUT2D eigenvalue weighted by molar-refractivity contribution is 0.358. The Kier molecular flexibility index (Phi) is 4.85. The van der Waals surface area contributed by atoms with Crippen LogP contribution in [0, 0.1) is 0 Å². The number of nitrogens with two attached hydrogens (primary N) is 1. The maximum absolute atomic E-state index is 5.78. The van der Waals surface area contributed by atoms with Gasteiger partial charge in [0, 0.05) is 10.5 Å². The first-order valence-corrected chi connectivity index (χ1v) is 5.70. The van der Waals surface area contributed by atoms with Crippen LogP contribution in [-0.2, 0) is 6.42 Å². The number of rotatable bonds is 5. The van der Waals surface area contributed by atoms with E-state index in [1.807, 2.05) is 25.1 Å². The van der Waals surface area contributed by atoms with Gasteiger partial charge in [-0.15, -0.1) is 0 Å². The highest BCUT2D eigenvalue weighted by Crippen LogP contribution is 2.24. The summed E-state index contributed by atoms with van der Waals surface area (Å²) in [5.41, 5.74) is 6.91. The fourth-order valence-corrected chi connectivity index (χ4v) is 1.75. The number of hydrogen-bond donors (Lipinski definition) is 1. The molecule has 1 aromatic carbocycles. The van der Waals surface area contributed by atoms with Gasteiger partial charge in [0.1, 0.15) is 12.4 Å². The van der Waals surface area contributed by atoms with E-state index in [9.17, 15) is 0 Å². The molecule has 0 aliphatic heterocycles. The van der Waals surface area contributed by atoms with Gasteiger partial charge < -0.3 is 10.5 Å². The van der Waals surface area contributed by atoms with Crippen molar-refractivity contribution in [3.8, 4) is 5.75 Å². The molecule has 0 aliphatic rings. The first-order valence-electron chi connectivity index (χ1n) is 4.91. The summed E-state index contributed by atoms with van der Waals surface area (Å²) in [5, 5.41) is 0. The van der Waals surface area contributed by atoms with Crippen molar-refractivity contribution in [2.45, 2.75) is 19.4 Å². The summed E-state index contributed by atoms with van der Waals surface area (Å²) in [6, 6.07) is 6.08. The molecule has 0 heterocycles. The topological polar surface area (TPSA) is 35.2 Å². The Morgan fingerprint density at radius 2 is 2.33 bits per heavy atom. The van der Waals surface area contributed by atoms with E-state index in [-0.39, 0.29) is 6.04 Å². The van der Waals surface area contributed by atoms with Crippen molar-refractivity contribution in [2.24, 2.45) is 5.73 Å². The zero-order valence-corrected chi connectivity index (χ0v) is 10.5. The molecule has 0 fully saturated rings. The van der Waals surface area contributed by atoms with E-state index in [1.165, 1.54) is 0 Å². The van der Waals surface area contributed by atoms with E-state index < -0.39 is 0 Å². The summed E-state index contributed by atoms with van der Waals surface area (Å²) in [4.78, 5) is 0. The summed E-state index contributed by atoms with van der Waals surface area (Å²) in [6.07, 6.45) is 2.55. The Balaban J connectivity index is 2.86. The number of hydrogen-bond acceptors (Lipinski definition) is 2. The monoisotopic (exact) mass is 269 g/mol. The first-order chi connectivity index (χ1) is 7.13. The third-order valence-corrected chi connectivity index (χ3v) is 2.41. The average molecular weight is 270 g/mol. The molecule has 0 saturated carbocycles. The minimum Gasteiger partial charge on any atom is -0.489 e. The summed E-state index contributed by atoms with van der Waals surface area (Å²) in [7, 11) is 0. The molecule has 82 valence electrons. The number of benzene rings is 1. The molecule has 1 atom stereocenters. The van der Waals surface area contributed by atoms with E-state index in [2.05, 4.69) is 22.5 Å². The van der Waals surface area contributed by atoms with E-state index in [1.54, 1.807) is 6.08 Å². The van der Waals surface area contributed by atoms with Gasteiger partial charge in [-0.2, -0.15) is 0 Å². The van der Waals surface area contributed by atoms with Crippen LogP contribution in [0.4, 0.5) is 0 Å². The molecular formula is C12H16BrNO. The molecule has 1 rings (SSSR count). The van der Waals surface area contributed by atoms with Crippen molar-refractivity contribution in [3.05, 3.63) is 40.9 Å². The van der Waals surface area contributed by atoms with Crippen molar-refractivity contribution >= 4 is 15.9 Å². The van der Waals surface area contributed by atoms with Crippen molar-refractivity contribution in [3.63, 3.8) is 0 Å². The number of ether oxygens (including phenoxy) is 1. The third-order valence-electron chi connectivity index (χ3n) is 1.92. The normalized spacial score (nSPS) is 12.2. The largest absolute Gasteiger partial charge is 0.489 e. The van der Waals surface area contributed by atoms with Crippen LogP contribution < -0.4 is 10.5 Å². The Labute approximate surface area is 99.3 Å². The molecule has 1 unspecified atom stereocenters. The van der Waals surface area contributed by atoms with Crippen LogP contribution in [0.25, 0.3) is 0 Å². The molecule has 0 spiro atoms. The maximum Gasteiger partial charge on any atom is 0.123 e. The average Bonchev–Trinajstić information content (AvgIpc) is 2.16.